The largest absolute Gasteiger partial charge is 0.308 e. The van der Waals surface area contributed by atoms with Gasteiger partial charge in [0.15, 0.2) is 11.5 Å². The molecular weight excluding hydrogens is 284 g/mol. The number of hydrazine groups is 1. The van der Waals surface area contributed by atoms with Crippen LogP contribution in [0.25, 0.3) is 11.0 Å². The number of benzene rings is 1. The molecule has 0 aliphatic carbocycles. The van der Waals surface area contributed by atoms with E-state index in [0.29, 0.717) is 11.6 Å². The van der Waals surface area contributed by atoms with E-state index in [9.17, 15) is 0 Å². The molecule has 0 aliphatic heterocycles. The van der Waals surface area contributed by atoms with Crippen LogP contribution in [0.5, 0.6) is 0 Å². The first-order valence-electron chi connectivity index (χ1n) is 6.52. The highest BCUT2D eigenvalue weighted by Crippen LogP contribution is 2.24. The lowest BCUT2D eigenvalue weighted by molar-refractivity contribution is 0.782. The van der Waals surface area contributed by atoms with Gasteiger partial charge in [-0.2, -0.15) is 5.10 Å². The second kappa shape index (κ2) is 5.71. The van der Waals surface area contributed by atoms with Crippen LogP contribution in [0.3, 0.4) is 0 Å². The lowest BCUT2D eigenvalue weighted by Gasteiger charge is -2.06. The number of nitrogens with one attached hydrogen (secondary N) is 1. The summed E-state index contributed by atoms with van der Waals surface area (Å²) in [5.74, 6) is 7.54. The first-order valence-corrected chi connectivity index (χ1v) is 7.50. The summed E-state index contributed by atoms with van der Waals surface area (Å²) >= 11 is 1.70. The maximum absolute atomic E-state index is 5.53. The van der Waals surface area contributed by atoms with Crippen LogP contribution in [0.15, 0.2) is 35.4 Å². The van der Waals surface area contributed by atoms with Crippen LogP contribution >= 0.6 is 11.8 Å². The molecule has 3 aromatic rings. The van der Waals surface area contributed by atoms with Gasteiger partial charge in [0.25, 0.3) is 0 Å². The van der Waals surface area contributed by atoms with E-state index in [1.807, 2.05) is 7.05 Å². The van der Waals surface area contributed by atoms with Crippen LogP contribution in [0.1, 0.15) is 11.4 Å². The van der Waals surface area contributed by atoms with Crippen LogP contribution in [0, 0.1) is 6.92 Å². The predicted molar refractivity (Wildman–Crippen MR) is 84.9 cm³/mol. The van der Waals surface area contributed by atoms with Crippen molar-refractivity contribution in [3.63, 3.8) is 0 Å². The smallest absolute Gasteiger partial charge is 0.163 e. The number of hydrogen-bond acceptors (Lipinski definition) is 6. The Labute approximate surface area is 126 Å². The van der Waals surface area contributed by atoms with Gasteiger partial charge in [0.1, 0.15) is 5.82 Å². The maximum Gasteiger partial charge on any atom is 0.163 e. The zero-order valence-electron chi connectivity index (χ0n) is 11.9. The summed E-state index contributed by atoms with van der Waals surface area (Å²) in [4.78, 5) is 10.2. The number of fused-ring (bicyclic) bond motifs is 1. The Morgan fingerprint density at radius 3 is 2.71 bits per heavy atom. The van der Waals surface area contributed by atoms with E-state index < -0.39 is 0 Å². The Morgan fingerprint density at radius 1 is 1.24 bits per heavy atom. The van der Waals surface area contributed by atoms with Crippen molar-refractivity contribution in [3.05, 3.63) is 41.9 Å². The Morgan fingerprint density at radius 2 is 2.00 bits per heavy atom. The van der Waals surface area contributed by atoms with Gasteiger partial charge in [-0.1, -0.05) is 17.7 Å². The molecule has 0 spiro atoms. The molecule has 0 amide bonds. The number of nitrogens with zero attached hydrogens (tertiary/aromatic N) is 4. The topological polar surface area (TPSA) is 81.6 Å². The third-order valence-corrected chi connectivity index (χ3v) is 4.17. The standard InChI is InChI=1S/C14H16N6S/c1-9-3-5-10(6-4-9)21-8-12-17-13(19-15)11-7-16-20(2)14(11)18-12/h3-7H,8,15H2,1-2H3,(H,17,18,19). The van der Waals surface area contributed by atoms with Crippen molar-refractivity contribution in [1.82, 2.24) is 19.7 Å². The SMILES string of the molecule is Cc1ccc(SCc2nc(NN)c3cnn(C)c3n2)cc1. The molecule has 21 heavy (non-hydrogen) atoms. The second-order valence-corrected chi connectivity index (χ2v) is 5.79. The van der Waals surface area contributed by atoms with Crippen molar-refractivity contribution >= 4 is 28.6 Å². The van der Waals surface area contributed by atoms with Crippen molar-refractivity contribution in [2.45, 2.75) is 17.6 Å². The summed E-state index contributed by atoms with van der Waals surface area (Å²) in [5, 5.41) is 5.01. The molecule has 108 valence electrons. The Hall–Kier alpha value is -2.12. The van der Waals surface area contributed by atoms with Crippen molar-refractivity contribution < 1.29 is 0 Å². The Bertz CT molecular complexity index is 765. The zero-order chi connectivity index (χ0) is 14.8. The third kappa shape index (κ3) is 2.84. The normalized spacial score (nSPS) is 11.0. The Balaban J connectivity index is 1.86. The van der Waals surface area contributed by atoms with E-state index in [2.05, 4.69) is 51.7 Å². The fourth-order valence-electron chi connectivity index (χ4n) is 2.02. The number of thioether (sulfide) groups is 1. The molecule has 0 unspecified atom stereocenters. The molecule has 2 heterocycles. The molecule has 0 radical (unpaired) electrons. The van der Waals surface area contributed by atoms with E-state index in [1.54, 1.807) is 22.6 Å². The van der Waals surface area contributed by atoms with E-state index in [-0.39, 0.29) is 0 Å². The summed E-state index contributed by atoms with van der Waals surface area (Å²) in [6, 6.07) is 8.40. The van der Waals surface area contributed by atoms with Crippen LogP contribution in [-0.2, 0) is 12.8 Å². The van der Waals surface area contributed by atoms with Crippen LogP contribution in [0.2, 0.25) is 0 Å². The number of aromatic nitrogens is 4. The van der Waals surface area contributed by atoms with Gasteiger partial charge in [-0.3, -0.25) is 4.68 Å². The van der Waals surface area contributed by atoms with E-state index in [4.69, 9.17) is 5.84 Å². The molecule has 3 N–H and O–H groups in total. The average molecular weight is 300 g/mol. The summed E-state index contributed by atoms with van der Waals surface area (Å²) in [5.41, 5.74) is 4.64. The number of aryl methyl sites for hydroxylation is 2. The van der Waals surface area contributed by atoms with Gasteiger partial charge >= 0.3 is 0 Å². The minimum absolute atomic E-state index is 0.604. The first-order chi connectivity index (χ1) is 10.2. The van der Waals surface area contributed by atoms with Gasteiger partial charge < -0.3 is 5.43 Å². The predicted octanol–water partition coefficient (Wildman–Crippen LogP) is 2.25. The number of nitrogens with two attached hydrogens (primary N) is 1. The van der Waals surface area contributed by atoms with E-state index in [1.165, 1.54) is 10.5 Å². The molecule has 0 saturated heterocycles. The molecule has 0 fully saturated rings. The Kier molecular flexibility index (Phi) is 3.76. The minimum Gasteiger partial charge on any atom is -0.308 e. The first kappa shape index (κ1) is 13.8. The van der Waals surface area contributed by atoms with Gasteiger partial charge in [-0.15, -0.1) is 11.8 Å². The second-order valence-electron chi connectivity index (χ2n) is 4.74. The third-order valence-electron chi connectivity index (χ3n) is 3.16. The summed E-state index contributed by atoms with van der Waals surface area (Å²) in [6.45, 7) is 2.08. The monoisotopic (exact) mass is 300 g/mol. The van der Waals surface area contributed by atoms with Crippen LogP contribution in [-0.4, -0.2) is 19.7 Å². The van der Waals surface area contributed by atoms with Crippen molar-refractivity contribution in [2.24, 2.45) is 12.9 Å². The van der Waals surface area contributed by atoms with E-state index in [0.717, 1.165) is 16.9 Å². The van der Waals surface area contributed by atoms with Gasteiger partial charge in [0.05, 0.1) is 17.3 Å². The molecule has 0 saturated carbocycles. The highest BCUT2D eigenvalue weighted by Gasteiger charge is 2.10. The van der Waals surface area contributed by atoms with Crippen molar-refractivity contribution in [1.29, 1.82) is 0 Å². The number of rotatable bonds is 4. The molecule has 0 atom stereocenters. The lowest BCUT2D eigenvalue weighted by atomic mass is 10.2. The fourth-order valence-corrected chi connectivity index (χ4v) is 2.78. The molecule has 0 aliphatic rings. The van der Waals surface area contributed by atoms with Crippen molar-refractivity contribution in [3.8, 4) is 0 Å². The van der Waals surface area contributed by atoms with Gasteiger partial charge in [-0.05, 0) is 19.1 Å². The van der Waals surface area contributed by atoms with E-state index >= 15 is 0 Å². The average Bonchev–Trinajstić information content (AvgIpc) is 2.87. The van der Waals surface area contributed by atoms with Crippen LogP contribution < -0.4 is 11.3 Å². The lowest BCUT2D eigenvalue weighted by Crippen LogP contribution is -2.11. The molecule has 6 nitrogen and oxygen atoms in total. The fraction of sp³-hybridized carbons (Fsp3) is 0.214. The summed E-state index contributed by atoms with van der Waals surface area (Å²) in [7, 11) is 1.85. The molecule has 2 aromatic heterocycles. The van der Waals surface area contributed by atoms with Gasteiger partial charge in [0, 0.05) is 11.9 Å². The van der Waals surface area contributed by atoms with Crippen molar-refractivity contribution in [2.75, 3.05) is 5.43 Å². The number of nitrogen functional groups attached to an aromatic ring is 1. The molecule has 0 bridgehead atoms. The molecule has 1 aromatic carbocycles. The molecular formula is C14H16N6S. The van der Waals surface area contributed by atoms with Crippen LogP contribution in [0.4, 0.5) is 5.82 Å². The quantitative estimate of drug-likeness (QED) is 0.437. The maximum atomic E-state index is 5.53. The molecule has 3 rings (SSSR count). The number of anilines is 1. The summed E-state index contributed by atoms with van der Waals surface area (Å²) in [6.07, 6.45) is 1.71. The zero-order valence-corrected chi connectivity index (χ0v) is 12.7. The summed E-state index contributed by atoms with van der Waals surface area (Å²) < 4.78 is 1.72. The van der Waals surface area contributed by atoms with Gasteiger partial charge in [0.2, 0.25) is 0 Å². The highest BCUT2D eigenvalue weighted by atomic mass is 32.2. The molecule has 7 heteroatoms. The van der Waals surface area contributed by atoms with Gasteiger partial charge in [-0.25, -0.2) is 15.8 Å². The number of hydrogen-bond donors (Lipinski definition) is 2. The highest BCUT2D eigenvalue weighted by molar-refractivity contribution is 7.98. The minimum atomic E-state index is 0.604.